The van der Waals surface area contributed by atoms with E-state index in [-0.39, 0.29) is 11.9 Å². The molecule has 1 aliphatic heterocycles. The van der Waals surface area contributed by atoms with Crippen LogP contribution in [0.2, 0.25) is 0 Å². The summed E-state index contributed by atoms with van der Waals surface area (Å²) in [7, 11) is 0. The fourth-order valence-electron chi connectivity index (χ4n) is 2.79. The summed E-state index contributed by atoms with van der Waals surface area (Å²) in [6.07, 6.45) is 7.67. The van der Waals surface area contributed by atoms with Crippen LogP contribution in [-0.2, 0) is 16.0 Å². The van der Waals surface area contributed by atoms with Crippen LogP contribution in [0.1, 0.15) is 23.5 Å². The van der Waals surface area contributed by atoms with Crippen LogP contribution in [0.25, 0.3) is 6.08 Å². The summed E-state index contributed by atoms with van der Waals surface area (Å²) < 4.78 is 10.7. The Morgan fingerprint density at radius 1 is 1.30 bits per heavy atom. The zero-order chi connectivity index (χ0) is 15.9. The third kappa shape index (κ3) is 4.56. The second-order valence-electron chi connectivity index (χ2n) is 5.55. The van der Waals surface area contributed by atoms with E-state index in [1.165, 1.54) is 4.88 Å². The Morgan fingerprint density at radius 3 is 2.87 bits per heavy atom. The van der Waals surface area contributed by atoms with Crippen molar-refractivity contribution >= 4 is 23.3 Å². The van der Waals surface area contributed by atoms with Crippen LogP contribution >= 0.6 is 11.3 Å². The lowest BCUT2D eigenvalue weighted by Gasteiger charge is -2.33. The number of ether oxygens (including phenoxy) is 1. The van der Waals surface area contributed by atoms with E-state index in [1.54, 1.807) is 29.8 Å². The minimum Gasteiger partial charge on any atom is -0.465 e. The normalized spacial score (nSPS) is 16.0. The minimum absolute atomic E-state index is 0.0462. The van der Waals surface area contributed by atoms with Crippen LogP contribution in [0, 0.1) is 0 Å². The van der Waals surface area contributed by atoms with Crippen LogP contribution < -0.4 is 0 Å². The molecule has 0 N–H and O–H groups in total. The number of rotatable bonds is 6. The maximum Gasteiger partial charge on any atom is 0.246 e. The van der Waals surface area contributed by atoms with Crippen molar-refractivity contribution in [1.82, 2.24) is 4.90 Å². The summed E-state index contributed by atoms with van der Waals surface area (Å²) in [4.78, 5) is 16.0. The van der Waals surface area contributed by atoms with E-state index in [2.05, 4.69) is 17.5 Å². The first kappa shape index (κ1) is 16.0. The maximum atomic E-state index is 12.7. The van der Waals surface area contributed by atoms with Gasteiger partial charge in [-0.15, -0.1) is 11.3 Å². The smallest absolute Gasteiger partial charge is 0.246 e. The Labute approximate surface area is 140 Å². The molecule has 3 rings (SSSR count). The van der Waals surface area contributed by atoms with E-state index in [0.717, 1.165) is 39.0 Å². The first-order valence-electron chi connectivity index (χ1n) is 7.95. The topological polar surface area (TPSA) is 42.7 Å². The highest BCUT2D eigenvalue weighted by atomic mass is 32.1. The van der Waals surface area contributed by atoms with Gasteiger partial charge >= 0.3 is 0 Å². The Bertz CT molecular complexity index is 613. The van der Waals surface area contributed by atoms with Gasteiger partial charge in [0, 0.05) is 36.8 Å². The third-order valence-corrected chi connectivity index (χ3v) is 4.96. The maximum absolute atomic E-state index is 12.7. The number of furan rings is 1. The number of hydrogen-bond donors (Lipinski definition) is 0. The largest absolute Gasteiger partial charge is 0.465 e. The molecule has 0 atom stereocenters. The van der Waals surface area contributed by atoms with Crippen molar-refractivity contribution in [1.29, 1.82) is 0 Å². The average molecular weight is 331 g/mol. The standard InChI is InChI=1S/C18H21NO3S/c20-18(6-5-16-3-1-11-22-16)19(15-8-12-21-13-9-15)10-7-17-4-2-14-23-17/h1-6,11,14-15H,7-10,12-13H2/b6-5+. The molecular weight excluding hydrogens is 310 g/mol. The van der Waals surface area contributed by atoms with Crippen molar-refractivity contribution in [3.05, 3.63) is 52.6 Å². The van der Waals surface area contributed by atoms with E-state index in [1.807, 2.05) is 17.0 Å². The summed E-state index contributed by atoms with van der Waals surface area (Å²) in [6, 6.07) is 8.09. The fourth-order valence-corrected chi connectivity index (χ4v) is 3.49. The molecule has 0 aliphatic carbocycles. The number of nitrogens with zero attached hydrogens (tertiary/aromatic N) is 1. The Kier molecular flexibility index (Phi) is 5.66. The molecule has 1 saturated heterocycles. The molecule has 2 aromatic rings. The quantitative estimate of drug-likeness (QED) is 0.760. The Balaban J connectivity index is 1.66. The molecule has 122 valence electrons. The Hall–Kier alpha value is -1.85. The highest BCUT2D eigenvalue weighted by Gasteiger charge is 2.24. The zero-order valence-electron chi connectivity index (χ0n) is 13.0. The molecule has 4 nitrogen and oxygen atoms in total. The van der Waals surface area contributed by atoms with Gasteiger partial charge in [0.15, 0.2) is 0 Å². The van der Waals surface area contributed by atoms with E-state index >= 15 is 0 Å². The second kappa shape index (κ2) is 8.13. The number of carbonyl (C=O) groups is 1. The molecular formula is C18H21NO3S. The summed E-state index contributed by atoms with van der Waals surface area (Å²) in [6.45, 7) is 2.21. The average Bonchev–Trinajstić information content (AvgIpc) is 3.28. The molecule has 0 bridgehead atoms. The molecule has 0 aromatic carbocycles. The van der Waals surface area contributed by atoms with E-state index in [4.69, 9.17) is 9.15 Å². The predicted molar refractivity (Wildman–Crippen MR) is 91.3 cm³/mol. The van der Waals surface area contributed by atoms with Gasteiger partial charge in [-0.25, -0.2) is 0 Å². The zero-order valence-corrected chi connectivity index (χ0v) is 13.8. The van der Waals surface area contributed by atoms with Crippen LogP contribution in [-0.4, -0.2) is 36.6 Å². The summed E-state index contributed by atoms with van der Waals surface area (Å²) in [5.41, 5.74) is 0. The highest BCUT2D eigenvalue weighted by Crippen LogP contribution is 2.18. The summed E-state index contributed by atoms with van der Waals surface area (Å²) in [5.74, 6) is 0.744. The molecule has 0 unspecified atom stereocenters. The molecule has 5 heteroatoms. The van der Waals surface area contributed by atoms with Crippen molar-refractivity contribution in [3.8, 4) is 0 Å². The van der Waals surface area contributed by atoms with Gasteiger partial charge in [-0.3, -0.25) is 4.79 Å². The van der Waals surface area contributed by atoms with Gasteiger partial charge in [0.05, 0.1) is 6.26 Å². The number of thiophene rings is 1. The van der Waals surface area contributed by atoms with Gasteiger partial charge < -0.3 is 14.1 Å². The highest BCUT2D eigenvalue weighted by molar-refractivity contribution is 7.09. The molecule has 2 aromatic heterocycles. The lowest BCUT2D eigenvalue weighted by atomic mass is 10.1. The van der Waals surface area contributed by atoms with Gasteiger partial charge in [0.1, 0.15) is 5.76 Å². The minimum atomic E-state index is 0.0462. The van der Waals surface area contributed by atoms with Crippen LogP contribution in [0.4, 0.5) is 0 Å². The van der Waals surface area contributed by atoms with Crippen molar-refractivity contribution in [2.75, 3.05) is 19.8 Å². The predicted octanol–water partition coefficient (Wildman–Crippen LogP) is 3.60. The van der Waals surface area contributed by atoms with Crippen molar-refractivity contribution in [3.63, 3.8) is 0 Å². The second-order valence-corrected chi connectivity index (χ2v) is 6.59. The van der Waals surface area contributed by atoms with Crippen LogP contribution in [0.15, 0.2) is 46.4 Å². The lowest BCUT2D eigenvalue weighted by molar-refractivity contribution is -0.130. The van der Waals surface area contributed by atoms with Crippen molar-refractivity contribution in [2.24, 2.45) is 0 Å². The number of carbonyl (C=O) groups excluding carboxylic acids is 1. The van der Waals surface area contributed by atoms with Gasteiger partial charge in [-0.2, -0.15) is 0 Å². The SMILES string of the molecule is O=C(/C=C/c1ccco1)N(CCc1cccs1)C1CCOCC1. The molecule has 1 amide bonds. The molecule has 0 saturated carbocycles. The van der Waals surface area contributed by atoms with Gasteiger partial charge in [-0.1, -0.05) is 6.07 Å². The van der Waals surface area contributed by atoms with E-state index < -0.39 is 0 Å². The van der Waals surface area contributed by atoms with Crippen LogP contribution in [0.3, 0.4) is 0 Å². The molecule has 1 fully saturated rings. The van der Waals surface area contributed by atoms with Crippen molar-refractivity contribution in [2.45, 2.75) is 25.3 Å². The third-order valence-electron chi connectivity index (χ3n) is 4.03. The molecule has 23 heavy (non-hydrogen) atoms. The fraction of sp³-hybridized carbons (Fsp3) is 0.389. The Morgan fingerprint density at radius 2 is 2.17 bits per heavy atom. The number of amides is 1. The van der Waals surface area contributed by atoms with Gasteiger partial charge in [-0.05, 0) is 48.9 Å². The van der Waals surface area contributed by atoms with E-state index in [0.29, 0.717) is 5.76 Å². The first-order valence-corrected chi connectivity index (χ1v) is 8.83. The summed E-state index contributed by atoms with van der Waals surface area (Å²) in [5, 5.41) is 2.08. The lowest BCUT2D eigenvalue weighted by Crippen LogP contribution is -2.43. The molecule has 1 aliphatic rings. The molecule has 0 radical (unpaired) electrons. The molecule has 0 spiro atoms. The van der Waals surface area contributed by atoms with Crippen molar-refractivity contribution < 1.29 is 13.9 Å². The van der Waals surface area contributed by atoms with Gasteiger partial charge in [0.2, 0.25) is 5.91 Å². The van der Waals surface area contributed by atoms with E-state index in [9.17, 15) is 4.79 Å². The van der Waals surface area contributed by atoms with Crippen LogP contribution in [0.5, 0.6) is 0 Å². The number of hydrogen-bond acceptors (Lipinski definition) is 4. The van der Waals surface area contributed by atoms with Gasteiger partial charge in [0.25, 0.3) is 0 Å². The molecule has 3 heterocycles. The monoisotopic (exact) mass is 331 g/mol. The first-order chi connectivity index (χ1) is 11.3. The summed E-state index contributed by atoms with van der Waals surface area (Å²) >= 11 is 1.74.